The molecule has 0 aromatic heterocycles. The van der Waals surface area contributed by atoms with E-state index in [4.69, 9.17) is 21.1 Å². The molecule has 1 unspecified atom stereocenters. The highest BCUT2D eigenvalue weighted by Crippen LogP contribution is 2.39. The van der Waals surface area contributed by atoms with Gasteiger partial charge in [-0.1, -0.05) is 11.6 Å². The molecule has 2 bridgehead atoms. The molecule has 0 saturated carbocycles. The first-order valence-electron chi connectivity index (χ1n) is 8.37. The minimum Gasteiger partial charge on any atom is -0.490 e. The summed E-state index contributed by atoms with van der Waals surface area (Å²) in [4.78, 5) is 2.27. The standard InChI is InChI=1S/C18H24ClNO3/c1-3-22-16-11-12(9-14(19)18(16)23-4-2)10-15-17(21)13-5-7-20(15)8-6-13/h9-11,13,17,21H,3-8H2,1-2H3/b15-10-. The molecule has 0 amide bonds. The SMILES string of the molecule is CCOc1cc(/C=C2/C(O)C3CCN2CC3)cc(Cl)c1OCC. The van der Waals surface area contributed by atoms with Crippen LogP contribution < -0.4 is 9.47 Å². The van der Waals surface area contributed by atoms with Gasteiger partial charge < -0.3 is 19.5 Å². The second-order valence-corrected chi connectivity index (χ2v) is 6.44. The predicted molar refractivity (Wildman–Crippen MR) is 92.1 cm³/mol. The minimum absolute atomic E-state index is 0.376. The van der Waals surface area contributed by atoms with Crippen molar-refractivity contribution in [1.82, 2.24) is 4.90 Å². The molecule has 126 valence electrons. The maximum Gasteiger partial charge on any atom is 0.179 e. The van der Waals surface area contributed by atoms with Crippen LogP contribution >= 0.6 is 11.6 Å². The molecular formula is C18H24ClNO3. The lowest BCUT2D eigenvalue weighted by atomic mass is 9.83. The van der Waals surface area contributed by atoms with E-state index in [1.807, 2.05) is 32.1 Å². The van der Waals surface area contributed by atoms with Gasteiger partial charge in [-0.2, -0.15) is 0 Å². The molecule has 3 aliphatic rings. The van der Waals surface area contributed by atoms with E-state index in [2.05, 4.69) is 4.90 Å². The van der Waals surface area contributed by atoms with E-state index in [-0.39, 0.29) is 6.10 Å². The molecule has 3 fully saturated rings. The van der Waals surface area contributed by atoms with Gasteiger partial charge in [-0.3, -0.25) is 0 Å². The van der Waals surface area contributed by atoms with Crippen molar-refractivity contribution < 1.29 is 14.6 Å². The Morgan fingerprint density at radius 3 is 2.52 bits per heavy atom. The lowest BCUT2D eigenvalue weighted by Gasteiger charge is -2.46. The second-order valence-electron chi connectivity index (χ2n) is 6.03. The number of halogens is 1. The van der Waals surface area contributed by atoms with Gasteiger partial charge in [0.05, 0.1) is 24.3 Å². The lowest BCUT2D eigenvalue weighted by molar-refractivity contribution is 0.0215. The quantitative estimate of drug-likeness (QED) is 0.892. The van der Waals surface area contributed by atoms with Crippen LogP contribution in [0.3, 0.4) is 0 Å². The number of hydrogen-bond donors (Lipinski definition) is 1. The van der Waals surface area contributed by atoms with E-state index < -0.39 is 0 Å². The summed E-state index contributed by atoms with van der Waals surface area (Å²) in [6, 6.07) is 3.81. The van der Waals surface area contributed by atoms with Crippen molar-refractivity contribution in [2.75, 3.05) is 26.3 Å². The zero-order chi connectivity index (χ0) is 16.4. The molecule has 5 heteroatoms. The topological polar surface area (TPSA) is 41.9 Å². The molecule has 1 atom stereocenters. The van der Waals surface area contributed by atoms with Crippen LogP contribution in [0, 0.1) is 5.92 Å². The fraction of sp³-hybridized carbons (Fsp3) is 0.556. The number of ether oxygens (including phenoxy) is 2. The van der Waals surface area contributed by atoms with E-state index in [0.717, 1.165) is 37.2 Å². The smallest absolute Gasteiger partial charge is 0.179 e. The Labute approximate surface area is 142 Å². The first-order chi connectivity index (χ1) is 11.1. The monoisotopic (exact) mass is 337 g/mol. The zero-order valence-corrected chi connectivity index (χ0v) is 14.5. The van der Waals surface area contributed by atoms with Crippen molar-refractivity contribution in [3.05, 3.63) is 28.4 Å². The van der Waals surface area contributed by atoms with E-state index >= 15 is 0 Å². The molecule has 0 aliphatic carbocycles. The summed E-state index contributed by atoms with van der Waals surface area (Å²) in [5, 5.41) is 11.0. The second kappa shape index (κ2) is 7.02. The highest BCUT2D eigenvalue weighted by Gasteiger charge is 2.36. The summed E-state index contributed by atoms with van der Waals surface area (Å²) in [5.74, 6) is 1.62. The van der Waals surface area contributed by atoms with Gasteiger partial charge in [0.15, 0.2) is 11.5 Å². The average Bonchev–Trinajstić information content (AvgIpc) is 2.55. The summed E-state index contributed by atoms with van der Waals surface area (Å²) in [5.41, 5.74) is 1.93. The molecular weight excluding hydrogens is 314 g/mol. The normalized spacial score (nSPS) is 25.0. The van der Waals surface area contributed by atoms with Gasteiger partial charge in [-0.15, -0.1) is 0 Å². The number of hydrogen-bond acceptors (Lipinski definition) is 4. The van der Waals surface area contributed by atoms with Crippen molar-refractivity contribution >= 4 is 17.7 Å². The first kappa shape index (κ1) is 16.5. The van der Waals surface area contributed by atoms with Crippen LogP contribution in [0.25, 0.3) is 6.08 Å². The molecule has 1 aromatic carbocycles. The van der Waals surface area contributed by atoms with Crippen LogP contribution in [-0.2, 0) is 0 Å². The van der Waals surface area contributed by atoms with E-state index in [0.29, 0.717) is 35.7 Å². The highest BCUT2D eigenvalue weighted by molar-refractivity contribution is 6.32. The Morgan fingerprint density at radius 1 is 1.22 bits per heavy atom. The van der Waals surface area contributed by atoms with Gasteiger partial charge in [-0.05, 0) is 56.4 Å². The Morgan fingerprint density at radius 2 is 1.91 bits per heavy atom. The molecule has 3 heterocycles. The molecule has 4 nitrogen and oxygen atoms in total. The van der Waals surface area contributed by atoms with E-state index in [1.54, 1.807) is 0 Å². The Kier molecular flexibility index (Phi) is 5.02. The van der Waals surface area contributed by atoms with Crippen molar-refractivity contribution in [3.8, 4) is 11.5 Å². The number of piperidine rings is 3. The van der Waals surface area contributed by atoms with Gasteiger partial charge in [0.25, 0.3) is 0 Å². The van der Waals surface area contributed by atoms with E-state index in [1.165, 1.54) is 0 Å². The van der Waals surface area contributed by atoms with Gasteiger partial charge >= 0.3 is 0 Å². The van der Waals surface area contributed by atoms with Gasteiger partial charge in [0.1, 0.15) is 0 Å². The average molecular weight is 338 g/mol. The van der Waals surface area contributed by atoms with Gasteiger partial charge in [0, 0.05) is 18.8 Å². The van der Waals surface area contributed by atoms with Crippen molar-refractivity contribution in [3.63, 3.8) is 0 Å². The zero-order valence-electron chi connectivity index (χ0n) is 13.7. The third kappa shape index (κ3) is 3.29. The molecule has 4 rings (SSSR count). The summed E-state index contributed by atoms with van der Waals surface area (Å²) < 4.78 is 11.3. The number of rotatable bonds is 5. The summed E-state index contributed by atoms with van der Waals surface area (Å²) in [6.07, 6.45) is 3.80. The van der Waals surface area contributed by atoms with E-state index in [9.17, 15) is 5.11 Å². The molecule has 0 spiro atoms. The fourth-order valence-corrected chi connectivity index (χ4v) is 3.74. The Balaban J connectivity index is 1.95. The first-order valence-corrected chi connectivity index (χ1v) is 8.75. The number of nitrogens with zero attached hydrogens (tertiary/aromatic N) is 1. The van der Waals surface area contributed by atoms with Crippen molar-refractivity contribution in [2.45, 2.75) is 32.8 Å². The largest absolute Gasteiger partial charge is 0.490 e. The molecule has 23 heavy (non-hydrogen) atoms. The van der Waals surface area contributed by atoms with Crippen LogP contribution in [0.4, 0.5) is 0 Å². The van der Waals surface area contributed by atoms with Crippen LogP contribution in [-0.4, -0.2) is 42.4 Å². The highest BCUT2D eigenvalue weighted by atomic mass is 35.5. The van der Waals surface area contributed by atoms with Crippen LogP contribution in [0.2, 0.25) is 5.02 Å². The summed E-state index contributed by atoms with van der Waals surface area (Å²) >= 11 is 6.37. The molecule has 3 aliphatic heterocycles. The van der Waals surface area contributed by atoms with Crippen LogP contribution in [0.5, 0.6) is 11.5 Å². The third-order valence-corrected chi connectivity index (χ3v) is 4.87. The van der Waals surface area contributed by atoms with Crippen LogP contribution in [0.1, 0.15) is 32.3 Å². The Hall–Kier alpha value is -1.39. The van der Waals surface area contributed by atoms with Gasteiger partial charge in [-0.25, -0.2) is 0 Å². The molecule has 3 saturated heterocycles. The van der Waals surface area contributed by atoms with Gasteiger partial charge in [0.2, 0.25) is 0 Å². The number of fused-ring (bicyclic) bond motifs is 3. The maximum absolute atomic E-state index is 10.5. The Bertz CT molecular complexity index is 590. The predicted octanol–water partition coefficient (Wildman–Crippen LogP) is 3.56. The minimum atomic E-state index is -0.376. The third-order valence-electron chi connectivity index (χ3n) is 4.59. The molecule has 1 aromatic rings. The van der Waals surface area contributed by atoms with Crippen molar-refractivity contribution in [2.24, 2.45) is 5.92 Å². The maximum atomic E-state index is 10.5. The molecule has 0 radical (unpaired) electrons. The number of aliphatic hydroxyl groups excluding tert-OH is 1. The van der Waals surface area contributed by atoms with Crippen LogP contribution in [0.15, 0.2) is 17.8 Å². The molecule has 1 N–H and O–H groups in total. The number of aliphatic hydroxyl groups is 1. The van der Waals surface area contributed by atoms with Crippen molar-refractivity contribution in [1.29, 1.82) is 0 Å². The fourth-order valence-electron chi connectivity index (χ4n) is 3.47. The lowest BCUT2D eigenvalue weighted by Crippen LogP contribution is -2.48. The summed E-state index contributed by atoms with van der Waals surface area (Å²) in [7, 11) is 0. The summed E-state index contributed by atoms with van der Waals surface area (Å²) in [6.45, 7) is 6.99. The number of benzene rings is 1.